The fourth-order valence-electron chi connectivity index (χ4n) is 4.09. The predicted octanol–water partition coefficient (Wildman–Crippen LogP) is 3.07. The Bertz CT molecular complexity index is 582. The zero-order valence-electron chi connectivity index (χ0n) is 13.6. The van der Waals surface area contributed by atoms with Gasteiger partial charge in [-0.2, -0.15) is 0 Å². The van der Waals surface area contributed by atoms with E-state index in [-0.39, 0.29) is 17.9 Å². The van der Waals surface area contributed by atoms with Crippen LogP contribution in [0.25, 0.3) is 0 Å². The molecule has 2 atom stereocenters. The molecular weight excluding hydrogens is 316 g/mol. The highest BCUT2D eigenvalue weighted by Gasteiger charge is 2.41. The molecule has 24 heavy (non-hydrogen) atoms. The van der Waals surface area contributed by atoms with Crippen molar-refractivity contribution in [2.75, 3.05) is 19.8 Å². The number of halogens is 2. The summed E-state index contributed by atoms with van der Waals surface area (Å²) in [5.74, 6) is -2.00. The van der Waals surface area contributed by atoms with E-state index in [2.05, 4.69) is 5.32 Å². The lowest BCUT2D eigenvalue weighted by Crippen LogP contribution is -2.46. The lowest BCUT2D eigenvalue weighted by atomic mass is 9.89. The van der Waals surface area contributed by atoms with E-state index in [0.29, 0.717) is 31.4 Å². The maximum atomic E-state index is 13.5. The maximum absolute atomic E-state index is 13.5. The summed E-state index contributed by atoms with van der Waals surface area (Å²) in [6.45, 7) is 2.00. The van der Waals surface area contributed by atoms with Crippen LogP contribution >= 0.6 is 0 Å². The highest BCUT2D eigenvalue weighted by molar-refractivity contribution is 5.22. The Morgan fingerprint density at radius 3 is 2.42 bits per heavy atom. The number of hydrogen-bond acceptors (Lipinski definition) is 4. The van der Waals surface area contributed by atoms with Gasteiger partial charge < -0.3 is 19.5 Å². The Labute approximate surface area is 140 Å². The molecule has 1 N–H and O–H groups in total. The van der Waals surface area contributed by atoms with Gasteiger partial charge in [0, 0.05) is 31.5 Å². The highest BCUT2D eigenvalue weighted by atomic mass is 19.2. The zero-order valence-corrected chi connectivity index (χ0v) is 13.6. The molecule has 6 heteroatoms. The molecule has 4 nitrogen and oxygen atoms in total. The van der Waals surface area contributed by atoms with Gasteiger partial charge in [0.15, 0.2) is 17.4 Å². The SMILES string of the molecule is Fc1ccc([C@H]2OCC[C@H]2NC2CCC3(CC2)OCCO3)cc1F. The first kappa shape index (κ1) is 16.4. The number of rotatable bonds is 3. The minimum atomic E-state index is -0.824. The van der Waals surface area contributed by atoms with E-state index in [1.807, 2.05) is 0 Å². The second-order valence-corrected chi connectivity index (χ2v) is 6.91. The van der Waals surface area contributed by atoms with Gasteiger partial charge in [-0.15, -0.1) is 0 Å². The lowest BCUT2D eigenvalue weighted by molar-refractivity contribution is -0.179. The van der Waals surface area contributed by atoms with E-state index in [9.17, 15) is 8.78 Å². The van der Waals surface area contributed by atoms with Crippen LogP contribution in [0.3, 0.4) is 0 Å². The van der Waals surface area contributed by atoms with E-state index in [1.165, 1.54) is 12.1 Å². The molecule has 3 aliphatic rings. The van der Waals surface area contributed by atoms with Crippen molar-refractivity contribution >= 4 is 0 Å². The lowest BCUT2D eigenvalue weighted by Gasteiger charge is -2.37. The van der Waals surface area contributed by atoms with Crippen molar-refractivity contribution < 1.29 is 23.0 Å². The molecule has 1 aliphatic carbocycles. The summed E-state index contributed by atoms with van der Waals surface area (Å²) >= 11 is 0. The standard InChI is InChI=1S/C18H23F2NO3/c19-14-2-1-12(11-15(14)20)17-16(5-8-22-17)21-13-3-6-18(7-4-13)23-9-10-24-18/h1-2,11,13,16-17,21H,3-10H2/t16-,17-/m1/s1. The molecule has 4 rings (SSSR count). The van der Waals surface area contributed by atoms with Crippen LogP contribution in [0.15, 0.2) is 18.2 Å². The minimum Gasteiger partial charge on any atom is -0.372 e. The number of benzene rings is 1. The van der Waals surface area contributed by atoms with Gasteiger partial charge in [-0.05, 0) is 37.0 Å². The quantitative estimate of drug-likeness (QED) is 0.919. The molecule has 0 bridgehead atoms. The van der Waals surface area contributed by atoms with E-state index < -0.39 is 11.6 Å². The number of nitrogens with one attached hydrogen (secondary N) is 1. The van der Waals surface area contributed by atoms with E-state index in [4.69, 9.17) is 14.2 Å². The van der Waals surface area contributed by atoms with Crippen molar-refractivity contribution in [3.63, 3.8) is 0 Å². The Hall–Kier alpha value is -1.08. The molecule has 1 aromatic carbocycles. The van der Waals surface area contributed by atoms with Crippen LogP contribution in [0.5, 0.6) is 0 Å². The van der Waals surface area contributed by atoms with Gasteiger partial charge >= 0.3 is 0 Å². The second kappa shape index (κ2) is 6.67. The summed E-state index contributed by atoms with van der Waals surface area (Å²) < 4.78 is 44.0. The number of ether oxygens (including phenoxy) is 3. The fraction of sp³-hybridized carbons (Fsp3) is 0.667. The van der Waals surface area contributed by atoms with Gasteiger partial charge in [-0.1, -0.05) is 6.07 Å². The predicted molar refractivity (Wildman–Crippen MR) is 83.5 cm³/mol. The van der Waals surface area contributed by atoms with Crippen molar-refractivity contribution in [2.45, 2.75) is 56.1 Å². The Morgan fingerprint density at radius 2 is 1.71 bits per heavy atom. The average Bonchev–Trinajstić information content (AvgIpc) is 3.22. The first-order valence-corrected chi connectivity index (χ1v) is 8.76. The molecule has 1 saturated carbocycles. The second-order valence-electron chi connectivity index (χ2n) is 6.91. The Balaban J connectivity index is 1.38. The van der Waals surface area contributed by atoms with Crippen molar-refractivity contribution in [3.8, 4) is 0 Å². The molecule has 0 unspecified atom stereocenters. The maximum Gasteiger partial charge on any atom is 0.168 e. The molecule has 2 heterocycles. The van der Waals surface area contributed by atoms with Gasteiger partial charge in [0.2, 0.25) is 0 Å². The molecule has 0 aromatic heterocycles. The molecule has 0 radical (unpaired) electrons. The first-order chi connectivity index (χ1) is 11.7. The molecule has 2 aliphatic heterocycles. The fourth-order valence-corrected chi connectivity index (χ4v) is 4.09. The van der Waals surface area contributed by atoms with E-state index >= 15 is 0 Å². The number of hydrogen-bond donors (Lipinski definition) is 1. The topological polar surface area (TPSA) is 39.7 Å². The van der Waals surface area contributed by atoms with E-state index in [0.717, 1.165) is 32.1 Å². The van der Waals surface area contributed by atoms with Gasteiger partial charge in [-0.3, -0.25) is 0 Å². The third-order valence-electron chi connectivity index (χ3n) is 5.37. The van der Waals surface area contributed by atoms with Gasteiger partial charge in [0.05, 0.1) is 19.3 Å². The molecule has 1 spiro atoms. The summed E-state index contributed by atoms with van der Waals surface area (Å²) in [6, 6.07) is 4.53. The van der Waals surface area contributed by atoms with E-state index in [1.54, 1.807) is 6.07 Å². The third-order valence-corrected chi connectivity index (χ3v) is 5.37. The minimum absolute atomic E-state index is 0.124. The molecule has 2 saturated heterocycles. The summed E-state index contributed by atoms with van der Waals surface area (Å²) in [6.07, 6.45) is 4.41. The molecular formula is C18H23F2NO3. The van der Waals surface area contributed by atoms with Gasteiger partial charge in [0.1, 0.15) is 0 Å². The zero-order chi connectivity index (χ0) is 16.6. The van der Waals surface area contributed by atoms with Crippen molar-refractivity contribution in [2.24, 2.45) is 0 Å². The summed E-state index contributed by atoms with van der Waals surface area (Å²) in [5, 5.41) is 3.65. The highest BCUT2D eigenvalue weighted by Crippen LogP contribution is 2.37. The summed E-state index contributed by atoms with van der Waals surface area (Å²) in [7, 11) is 0. The van der Waals surface area contributed by atoms with Crippen LogP contribution in [-0.4, -0.2) is 37.7 Å². The Morgan fingerprint density at radius 1 is 0.958 bits per heavy atom. The van der Waals surface area contributed by atoms with Crippen LogP contribution < -0.4 is 5.32 Å². The van der Waals surface area contributed by atoms with Crippen LogP contribution in [0.1, 0.15) is 43.8 Å². The molecule has 0 amide bonds. The van der Waals surface area contributed by atoms with Crippen LogP contribution in [-0.2, 0) is 14.2 Å². The van der Waals surface area contributed by atoms with Crippen molar-refractivity contribution in [1.29, 1.82) is 0 Å². The van der Waals surface area contributed by atoms with Crippen molar-refractivity contribution in [1.82, 2.24) is 5.32 Å². The smallest absolute Gasteiger partial charge is 0.168 e. The monoisotopic (exact) mass is 339 g/mol. The third kappa shape index (κ3) is 3.20. The van der Waals surface area contributed by atoms with Crippen LogP contribution in [0.4, 0.5) is 8.78 Å². The summed E-state index contributed by atoms with van der Waals surface area (Å²) in [4.78, 5) is 0. The Kier molecular flexibility index (Phi) is 4.56. The van der Waals surface area contributed by atoms with Crippen LogP contribution in [0, 0.1) is 11.6 Å². The molecule has 3 fully saturated rings. The van der Waals surface area contributed by atoms with Crippen molar-refractivity contribution in [3.05, 3.63) is 35.4 Å². The normalized spacial score (nSPS) is 30.2. The van der Waals surface area contributed by atoms with Gasteiger partial charge in [-0.25, -0.2) is 8.78 Å². The first-order valence-electron chi connectivity index (χ1n) is 8.76. The molecule has 1 aromatic rings. The van der Waals surface area contributed by atoms with Crippen LogP contribution in [0.2, 0.25) is 0 Å². The summed E-state index contributed by atoms with van der Waals surface area (Å²) in [5.41, 5.74) is 0.693. The largest absolute Gasteiger partial charge is 0.372 e. The molecule has 132 valence electrons. The average molecular weight is 339 g/mol. The van der Waals surface area contributed by atoms with Gasteiger partial charge in [0.25, 0.3) is 0 Å².